The molecule has 0 aromatic carbocycles. The van der Waals surface area contributed by atoms with Crippen molar-refractivity contribution in [2.24, 2.45) is 5.92 Å². The number of carbonyl (C=O) groups is 2. The first-order valence-electron chi connectivity index (χ1n) is 8.64. The van der Waals surface area contributed by atoms with Gasteiger partial charge in [-0.05, 0) is 18.9 Å². The smallest absolute Gasteiger partial charge is 0.341 e. The predicted octanol–water partition coefficient (Wildman–Crippen LogP) is 0.182. The predicted molar refractivity (Wildman–Crippen MR) is 86.5 cm³/mol. The summed E-state index contributed by atoms with van der Waals surface area (Å²) in [5, 5.41) is 10.8. The second kappa shape index (κ2) is 5.40. The molecule has 25 heavy (non-hydrogen) atoms. The molecule has 4 rings (SSSR count). The van der Waals surface area contributed by atoms with Gasteiger partial charge < -0.3 is 19.3 Å². The molecule has 0 aromatic rings. The van der Waals surface area contributed by atoms with E-state index in [0.29, 0.717) is 0 Å². The van der Waals surface area contributed by atoms with Gasteiger partial charge in [0.05, 0.1) is 12.6 Å². The molecule has 0 aromatic heterocycles. The molecule has 7 nitrogen and oxygen atoms in total. The van der Waals surface area contributed by atoms with Crippen LogP contribution in [0.3, 0.4) is 0 Å². The van der Waals surface area contributed by atoms with Crippen LogP contribution in [0.4, 0.5) is 0 Å². The van der Waals surface area contributed by atoms with Gasteiger partial charge in [0.25, 0.3) is 0 Å². The summed E-state index contributed by atoms with van der Waals surface area (Å²) >= 11 is 0. The quantitative estimate of drug-likeness (QED) is 0.289. The SMILES string of the molecule is C=C1C(=O)O[C@@H]2CCN3CC=C(COC(=O)[C@@](C)(O)[C@]4(CO4)[C@@H]1C)[C@H]23. The molecule has 0 radical (unpaired) electrons. The average Bonchev–Trinajstić information content (AvgIpc) is 3.17. The van der Waals surface area contributed by atoms with Gasteiger partial charge in [0.15, 0.2) is 5.60 Å². The monoisotopic (exact) mass is 349 g/mol. The van der Waals surface area contributed by atoms with Gasteiger partial charge in [-0.2, -0.15) is 0 Å². The molecule has 1 spiro atoms. The molecule has 5 atom stereocenters. The van der Waals surface area contributed by atoms with E-state index >= 15 is 0 Å². The molecule has 4 aliphatic rings. The topological polar surface area (TPSA) is 88.6 Å². The first-order chi connectivity index (χ1) is 11.8. The van der Waals surface area contributed by atoms with Crippen molar-refractivity contribution in [1.29, 1.82) is 0 Å². The van der Waals surface area contributed by atoms with Crippen LogP contribution in [0.5, 0.6) is 0 Å². The van der Waals surface area contributed by atoms with E-state index in [4.69, 9.17) is 14.2 Å². The highest BCUT2D eigenvalue weighted by atomic mass is 16.6. The van der Waals surface area contributed by atoms with E-state index in [0.717, 1.165) is 25.1 Å². The van der Waals surface area contributed by atoms with Gasteiger partial charge >= 0.3 is 11.9 Å². The standard InChI is InChI=1S/C18H23NO6/c1-10-11(2)18(9-24-18)17(3,22)16(21)23-8-12-4-6-19-7-5-13(14(12)19)25-15(10)20/h4,11,13-14,22H,1,5-9H2,2-3H3/t11-,13-,14-,17-,18+/m1/s1. The number of esters is 2. The zero-order valence-electron chi connectivity index (χ0n) is 14.5. The first kappa shape index (κ1) is 16.8. The summed E-state index contributed by atoms with van der Waals surface area (Å²) in [5.74, 6) is -1.81. The lowest BCUT2D eigenvalue weighted by atomic mass is 9.76. The third-order valence-electron chi connectivity index (χ3n) is 6.20. The van der Waals surface area contributed by atoms with Crippen molar-refractivity contribution in [3.05, 3.63) is 23.8 Å². The molecule has 0 saturated carbocycles. The Hall–Kier alpha value is -1.70. The van der Waals surface area contributed by atoms with Gasteiger partial charge in [0, 0.05) is 24.6 Å². The molecule has 7 heteroatoms. The zero-order chi connectivity index (χ0) is 18.0. The van der Waals surface area contributed by atoms with Gasteiger partial charge in [-0.25, -0.2) is 9.59 Å². The molecule has 0 bridgehead atoms. The Labute approximate surface area is 146 Å². The summed E-state index contributed by atoms with van der Waals surface area (Å²) in [5.41, 5.74) is -1.97. The van der Waals surface area contributed by atoms with Gasteiger partial charge in [0.1, 0.15) is 18.3 Å². The Bertz CT molecular complexity index is 677. The van der Waals surface area contributed by atoms with Crippen LogP contribution in [0, 0.1) is 5.92 Å². The molecule has 136 valence electrons. The van der Waals surface area contributed by atoms with Gasteiger partial charge in [-0.15, -0.1) is 0 Å². The number of epoxide rings is 1. The van der Waals surface area contributed by atoms with Crippen molar-refractivity contribution in [3.63, 3.8) is 0 Å². The molecule has 3 saturated heterocycles. The number of carbonyl (C=O) groups excluding carboxylic acids is 2. The fraction of sp³-hybridized carbons (Fsp3) is 0.667. The van der Waals surface area contributed by atoms with Crippen LogP contribution in [0.25, 0.3) is 0 Å². The van der Waals surface area contributed by atoms with E-state index in [2.05, 4.69) is 11.5 Å². The van der Waals surface area contributed by atoms with E-state index in [1.165, 1.54) is 6.92 Å². The largest absolute Gasteiger partial charge is 0.459 e. The van der Waals surface area contributed by atoms with Crippen molar-refractivity contribution in [2.75, 3.05) is 26.3 Å². The lowest BCUT2D eigenvalue weighted by molar-refractivity contribution is -0.173. The lowest BCUT2D eigenvalue weighted by Gasteiger charge is -2.34. The summed E-state index contributed by atoms with van der Waals surface area (Å²) in [6.07, 6.45) is 2.46. The number of aliphatic hydroxyl groups is 1. The van der Waals surface area contributed by atoms with Crippen LogP contribution >= 0.6 is 0 Å². The first-order valence-corrected chi connectivity index (χ1v) is 8.64. The number of rotatable bonds is 0. The second-order valence-corrected chi connectivity index (χ2v) is 7.52. The molecule has 4 heterocycles. The van der Waals surface area contributed by atoms with E-state index in [9.17, 15) is 14.7 Å². The van der Waals surface area contributed by atoms with E-state index in [-0.39, 0.29) is 30.9 Å². The molecule has 0 amide bonds. The summed E-state index contributed by atoms with van der Waals surface area (Å²) in [7, 11) is 0. The zero-order valence-corrected chi connectivity index (χ0v) is 14.5. The Morgan fingerprint density at radius 3 is 2.80 bits per heavy atom. The van der Waals surface area contributed by atoms with Gasteiger partial charge in [-0.1, -0.05) is 19.6 Å². The minimum Gasteiger partial charge on any atom is -0.459 e. The van der Waals surface area contributed by atoms with Crippen molar-refractivity contribution >= 4 is 11.9 Å². The normalized spacial score (nSPS) is 44.5. The number of hydrogen-bond acceptors (Lipinski definition) is 7. The van der Waals surface area contributed by atoms with E-state index in [1.807, 2.05) is 6.08 Å². The highest BCUT2D eigenvalue weighted by Gasteiger charge is 2.67. The lowest BCUT2D eigenvalue weighted by Crippen LogP contribution is -2.55. The van der Waals surface area contributed by atoms with E-state index in [1.54, 1.807) is 6.92 Å². The minimum atomic E-state index is -1.87. The number of cyclic esters (lactones) is 1. The molecule has 0 aliphatic carbocycles. The van der Waals surface area contributed by atoms with Gasteiger partial charge in [0.2, 0.25) is 0 Å². The van der Waals surface area contributed by atoms with Crippen molar-refractivity contribution in [1.82, 2.24) is 4.90 Å². The molecule has 0 unspecified atom stereocenters. The fourth-order valence-corrected chi connectivity index (χ4v) is 4.29. The second-order valence-electron chi connectivity index (χ2n) is 7.52. The van der Waals surface area contributed by atoms with Crippen LogP contribution in [0.15, 0.2) is 23.8 Å². The third kappa shape index (κ3) is 2.29. The Balaban J connectivity index is 1.69. The molecule has 4 aliphatic heterocycles. The molecule has 1 N–H and O–H groups in total. The summed E-state index contributed by atoms with van der Waals surface area (Å²) in [4.78, 5) is 27.4. The molecular formula is C18H23NO6. The highest BCUT2D eigenvalue weighted by Crippen LogP contribution is 2.48. The molecular weight excluding hydrogens is 326 g/mol. The number of hydrogen-bond donors (Lipinski definition) is 1. The number of nitrogens with zero attached hydrogens (tertiary/aromatic N) is 1. The maximum atomic E-state index is 12.6. The van der Waals surface area contributed by atoms with Crippen LogP contribution in [-0.4, -0.2) is 71.6 Å². The van der Waals surface area contributed by atoms with Crippen molar-refractivity contribution < 1.29 is 28.9 Å². The Morgan fingerprint density at radius 1 is 1.40 bits per heavy atom. The van der Waals surface area contributed by atoms with Crippen LogP contribution in [-0.2, 0) is 23.8 Å². The maximum Gasteiger partial charge on any atom is 0.341 e. The minimum absolute atomic E-state index is 0.0737. The van der Waals surface area contributed by atoms with E-state index < -0.39 is 29.1 Å². The third-order valence-corrected chi connectivity index (χ3v) is 6.20. The van der Waals surface area contributed by atoms with Gasteiger partial charge in [-0.3, -0.25) is 4.90 Å². The fourth-order valence-electron chi connectivity index (χ4n) is 4.29. The maximum absolute atomic E-state index is 12.6. The Kier molecular flexibility index (Phi) is 3.62. The van der Waals surface area contributed by atoms with Crippen LogP contribution in [0.2, 0.25) is 0 Å². The molecule has 3 fully saturated rings. The summed E-state index contributed by atoms with van der Waals surface area (Å²) < 4.78 is 16.6. The van der Waals surface area contributed by atoms with Crippen LogP contribution < -0.4 is 0 Å². The highest BCUT2D eigenvalue weighted by molar-refractivity contribution is 5.90. The number of ether oxygens (including phenoxy) is 3. The van der Waals surface area contributed by atoms with Crippen molar-refractivity contribution in [3.8, 4) is 0 Å². The summed E-state index contributed by atoms with van der Waals surface area (Å²) in [6.45, 7) is 8.74. The van der Waals surface area contributed by atoms with Crippen molar-refractivity contribution in [2.45, 2.75) is 43.6 Å². The summed E-state index contributed by atoms with van der Waals surface area (Å²) in [6, 6.07) is -0.0737. The van der Waals surface area contributed by atoms with Crippen LogP contribution in [0.1, 0.15) is 20.3 Å². The average molecular weight is 349 g/mol. The Morgan fingerprint density at radius 2 is 2.12 bits per heavy atom.